The Morgan fingerprint density at radius 3 is 2.64 bits per heavy atom. The first kappa shape index (κ1) is 20.2. The van der Waals surface area contributed by atoms with Gasteiger partial charge in [0.25, 0.3) is 5.56 Å². The zero-order valence-electron chi connectivity index (χ0n) is 15.7. The fourth-order valence-electron chi connectivity index (χ4n) is 2.90. The molecule has 7 nitrogen and oxygen atoms in total. The number of nitrogens with one attached hydrogen (secondary N) is 1. The van der Waals surface area contributed by atoms with Crippen LogP contribution < -0.4 is 21.3 Å². The summed E-state index contributed by atoms with van der Waals surface area (Å²) < 4.78 is 8.07. The van der Waals surface area contributed by atoms with Crippen molar-refractivity contribution in [2.75, 3.05) is 12.4 Å². The molecule has 28 heavy (non-hydrogen) atoms. The maximum atomic E-state index is 12.9. The molecule has 0 aliphatic carbocycles. The second-order valence-electron chi connectivity index (χ2n) is 6.71. The Bertz CT molecular complexity index is 1150. The topological polar surface area (TPSA) is 82.3 Å². The Morgan fingerprint density at radius 2 is 2.00 bits per heavy atom. The average Bonchev–Trinajstić information content (AvgIpc) is 3.12. The molecule has 1 N–H and O–H groups in total. The monoisotopic (exact) mass is 421 g/mol. The Morgan fingerprint density at radius 1 is 1.25 bits per heavy atom. The van der Waals surface area contributed by atoms with E-state index in [-0.39, 0.29) is 18.0 Å². The number of benzene rings is 1. The van der Waals surface area contributed by atoms with Crippen molar-refractivity contribution in [3.63, 3.8) is 0 Å². The van der Waals surface area contributed by atoms with E-state index in [1.165, 1.54) is 27.6 Å². The van der Waals surface area contributed by atoms with Gasteiger partial charge in [-0.05, 0) is 35.6 Å². The van der Waals surface area contributed by atoms with Gasteiger partial charge in [-0.1, -0.05) is 25.4 Å². The number of amides is 1. The van der Waals surface area contributed by atoms with Gasteiger partial charge in [0.1, 0.15) is 17.0 Å². The first-order valence-corrected chi connectivity index (χ1v) is 9.91. The summed E-state index contributed by atoms with van der Waals surface area (Å²) in [6, 6.07) is 6.55. The van der Waals surface area contributed by atoms with Crippen LogP contribution in [0.4, 0.5) is 5.69 Å². The molecule has 0 atom stereocenters. The number of carbonyl (C=O) groups excluding carboxylic acids is 1. The number of rotatable bonds is 6. The minimum Gasteiger partial charge on any atom is -0.495 e. The number of fused-ring (bicyclic) bond motifs is 1. The highest BCUT2D eigenvalue weighted by molar-refractivity contribution is 7.17. The van der Waals surface area contributed by atoms with E-state index in [2.05, 4.69) is 5.32 Å². The van der Waals surface area contributed by atoms with Crippen molar-refractivity contribution in [3.8, 4) is 5.75 Å². The van der Waals surface area contributed by atoms with Crippen LogP contribution in [0.2, 0.25) is 5.02 Å². The number of thiophene rings is 1. The van der Waals surface area contributed by atoms with E-state index in [9.17, 15) is 14.4 Å². The number of hydrogen-bond acceptors (Lipinski definition) is 5. The summed E-state index contributed by atoms with van der Waals surface area (Å²) in [4.78, 5) is 38.0. The average molecular weight is 422 g/mol. The number of carbonyl (C=O) groups is 1. The van der Waals surface area contributed by atoms with Crippen LogP contribution in [-0.2, 0) is 17.9 Å². The minimum atomic E-state index is -0.493. The molecular formula is C19H20ClN3O4S. The fourth-order valence-corrected chi connectivity index (χ4v) is 4.00. The predicted molar refractivity (Wildman–Crippen MR) is 112 cm³/mol. The van der Waals surface area contributed by atoms with Gasteiger partial charge in [-0.25, -0.2) is 4.79 Å². The largest absolute Gasteiger partial charge is 0.495 e. The number of nitrogens with zero attached hydrogens (tertiary/aromatic N) is 2. The third kappa shape index (κ3) is 3.98. The lowest BCUT2D eigenvalue weighted by Crippen LogP contribution is -2.42. The molecule has 2 heterocycles. The zero-order valence-corrected chi connectivity index (χ0v) is 17.3. The third-order valence-corrected chi connectivity index (χ3v) is 5.31. The molecule has 0 unspecified atom stereocenters. The summed E-state index contributed by atoms with van der Waals surface area (Å²) >= 11 is 7.34. The van der Waals surface area contributed by atoms with E-state index in [1.807, 2.05) is 13.8 Å². The molecule has 0 bridgehead atoms. The summed E-state index contributed by atoms with van der Waals surface area (Å²) in [7, 11) is 1.50. The Balaban J connectivity index is 1.94. The van der Waals surface area contributed by atoms with Gasteiger partial charge in [-0.2, -0.15) is 0 Å². The van der Waals surface area contributed by atoms with Crippen molar-refractivity contribution in [3.05, 3.63) is 55.5 Å². The molecule has 3 aromatic rings. The molecule has 9 heteroatoms. The normalized spacial score (nSPS) is 11.2. The van der Waals surface area contributed by atoms with Gasteiger partial charge in [0, 0.05) is 12.2 Å². The molecule has 2 aromatic heterocycles. The summed E-state index contributed by atoms with van der Waals surface area (Å²) in [6.07, 6.45) is 0. The molecule has 0 aliphatic rings. The molecule has 0 saturated carbocycles. The van der Waals surface area contributed by atoms with E-state index >= 15 is 0 Å². The summed E-state index contributed by atoms with van der Waals surface area (Å²) in [6.45, 7) is 3.93. The van der Waals surface area contributed by atoms with Gasteiger partial charge in [0.05, 0.1) is 17.6 Å². The van der Waals surface area contributed by atoms with E-state index in [0.717, 1.165) is 0 Å². The van der Waals surface area contributed by atoms with E-state index in [4.69, 9.17) is 16.3 Å². The van der Waals surface area contributed by atoms with Crippen LogP contribution in [0.25, 0.3) is 10.2 Å². The first-order valence-electron chi connectivity index (χ1n) is 8.66. The van der Waals surface area contributed by atoms with Crippen LogP contribution in [0.3, 0.4) is 0 Å². The lowest BCUT2D eigenvalue weighted by Gasteiger charge is -2.14. The van der Waals surface area contributed by atoms with Crippen molar-refractivity contribution >= 4 is 44.7 Å². The Labute approximate surface area is 170 Å². The molecule has 0 aliphatic heterocycles. The second kappa shape index (κ2) is 8.20. The minimum absolute atomic E-state index is 0.117. The number of methoxy groups -OCH3 is 1. The molecule has 1 aromatic carbocycles. The van der Waals surface area contributed by atoms with Gasteiger partial charge < -0.3 is 10.1 Å². The Kier molecular flexibility index (Phi) is 5.90. The van der Waals surface area contributed by atoms with E-state index in [1.54, 1.807) is 29.6 Å². The maximum absolute atomic E-state index is 12.9. The number of halogens is 1. The van der Waals surface area contributed by atoms with E-state index in [0.29, 0.717) is 33.2 Å². The second-order valence-corrected chi connectivity index (χ2v) is 8.03. The quantitative estimate of drug-likeness (QED) is 0.662. The molecular weight excluding hydrogens is 402 g/mol. The number of anilines is 1. The van der Waals surface area contributed by atoms with Gasteiger partial charge >= 0.3 is 5.69 Å². The Hall–Kier alpha value is -2.58. The third-order valence-electron chi connectivity index (χ3n) is 4.12. The van der Waals surface area contributed by atoms with Crippen molar-refractivity contribution < 1.29 is 9.53 Å². The number of hydrogen-bond donors (Lipinski definition) is 1. The van der Waals surface area contributed by atoms with Crippen LogP contribution >= 0.6 is 22.9 Å². The van der Waals surface area contributed by atoms with Crippen molar-refractivity contribution in [2.45, 2.75) is 26.9 Å². The van der Waals surface area contributed by atoms with E-state index < -0.39 is 11.6 Å². The smallest absolute Gasteiger partial charge is 0.332 e. The highest BCUT2D eigenvalue weighted by atomic mass is 35.5. The molecule has 0 fully saturated rings. The van der Waals surface area contributed by atoms with Gasteiger partial charge in [-0.15, -0.1) is 11.3 Å². The molecule has 0 spiro atoms. The SMILES string of the molecule is COc1ccc(NC(=O)Cn2c(=O)n(CC(C)C)c(=O)c3sccc32)cc1Cl. The lowest BCUT2D eigenvalue weighted by molar-refractivity contribution is -0.116. The zero-order chi connectivity index (χ0) is 20.4. The fraction of sp³-hybridized carbons (Fsp3) is 0.316. The number of aromatic nitrogens is 2. The maximum Gasteiger partial charge on any atom is 0.332 e. The van der Waals surface area contributed by atoms with Crippen LogP contribution in [0.15, 0.2) is 39.2 Å². The standard InChI is InChI=1S/C19H20ClN3O4S/c1-11(2)9-23-18(25)17-14(6-7-28-17)22(19(23)26)10-16(24)21-12-4-5-15(27-3)13(20)8-12/h4-8,11H,9-10H2,1-3H3,(H,21,24). The summed E-state index contributed by atoms with van der Waals surface area (Å²) in [5.74, 6) is 0.216. The van der Waals surface area contributed by atoms with Gasteiger partial charge in [0.2, 0.25) is 5.91 Å². The molecule has 1 amide bonds. The van der Waals surface area contributed by atoms with Crippen molar-refractivity contribution in [1.82, 2.24) is 9.13 Å². The predicted octanol–water partition coefficient (Wildman–Crippen LogP) is 3.18. The molecule has 0 radical (unpaired) electrons. The van der Waals surface area contributed by atoms with Crippen LogP contribution in [-0.4, -0.2) is 22.2 Å². The van der Waals surface area contributed by atoms with Gasteiger partial charge in [-0.3, -0.25) is 18.7 Å². The summed E-state index contributed by atoms with van der Waals surface area (Å²) in [5.41, 5.74) is 0.138. The molecule has 3 rings (SSSR count). The molecule has 0 saturated heterocycles. The highest BCUT2D eigenvalue weighted by Gasteiger charge is 2.17. The van der Waals surface area contributed by atoms with Gasteiger partial charge in [0.15, 0.2) is 0 Å². The first-order chi connectivity index (χ1) is 13.3. The van der Waals surface area contributed by atoms with Crippen LogP contribution in [0.1, 0.15) is 13.8 Å². The van der Waals surface area contributed by atoms with Crippen molar-refractivity contribution in [1.29, 1.82) is 0 Å². The van der Waals surface area contributed by atoms with Crippen molar-refractivity contribution in [2.24, 2.45) is 5.92 Å². The number of ether oxygens (including phenoxy) is 1. The van der Waals surface area contributed by atoms with Crippen LogP contribution in [0, 0.1) is 5.92 Å². The summed E-state index contributed by atoms with van der Waals surface area (Å²) in [5, 5.41) is 4.82. The lowest BCUT2D eigenvalue weighted by atomic mass is 10.2. The highest BCUT2D eigenvalue weighted by Crippen LogP contribution is 2.27. The molecule has 148 valence electrons. The van der Waals surface area contributed by atoms with Crippen LogP contribution in [0.5, 0.6) is 5.75 Å².